The summed E-state index contributed by atoms with van der Waals surface area (Å²) in [5.74, 6) is -0.223. The van der Waals surface area contributed by atoms with Gasteiger partial charge in [-0.1, -0.05) is 0 Å². The van der Waals surface area contributed by atoms with Gasteiger partial charge in [-0.15, -0.1) is 0 Å². The number of halogens is 1. The third-order valence-electron chi connectivity index (χ3n) is 5.02. The minimum absolute atomic E-state index is 0.0535. The number of hydrogen-bond donors (Lipinski definition) is 1. The van der Waals surface area contributed by atoms with Crippen LogP contribution in [0.2, 0.25) is 0 Å². The van der Waals surface area contributed by atoms with Crippen LogP contribution in [0, 0.1) is 17.7 Å². The molecule has 1 unspecified atom stereocenters. The highest BCUT2D eigenvalue weighted by molar-refractivity contribution is 7.89. The summed E-state index contributed by atoms with van der Waals surface area (Å²) < 4.78 is 45.3. The van der Waals surface area contributed by atoms with Crippen LogP contribution in [-0.2, 0) is 19.6 Å². The molecule has 6 nitrogen and oxygen atoms in total. The SMILES string of the molecule is O=C(NCCCOCC1CC1)C1CCCN(S(=O)(=O)c2ccc(F)cc2)C1. The molecule has 1 amide bonds. The van der Waals surface area contributed by atoms with Gasteiger partial charge in [-0.2, -0.15) is 4.31 Å². The fourth-order valence-electron chi connectivity index (χ4n) is 3.20. The third-order valence-corrected chi connectivity index (χ3v) is 6.90. The number of ether oxygens (including phenoxy) is 1. The van der Waals surface area contributed by atoms with Crippen molar-refractivity contribution in [2.75, 3.05) is 32.8 Å². The molecular formula is C19H27FN2O4S. The Bertz CT molecular complexity index is 735. The van der Waals surface area contributed by atoms with Crippen LogP contribution in [0.3, 0.4) is 0 Å². The van der Waals surface area contributed by atoms with Crippen molar-refractivity contribution in [3.63, 3.8) is 0 Å². The Labute approximate surface area is 160 Å². The Balaban J connectivity index is 1.46. The van der Waals surface area contributed by atoms with Gasteiger partial charge < -0.3 is 10.1 Å². The number of amides is 1. The Morgan fingerprint density at radius 3 is 2.67 bits per heavy atom. The van der Waals surface area contributed by atoms with Gasteiger partial charge in [-0.25, -0.2) is 12.8 Å². The van der Waals surface area contributed by atoms with Crippen LogP contribution >= 0.6 is 0 Å². The summed E-state index contributed by atoms with van der Waals surface area (Å²) in [6, 6.07) is 4.78. The monoisotopic (exact) mass is 398 g/mol. The van der Waals surface area contributed by atoms with Crippen LogP contribution in [0.1, 0.15) is 32.1 Å². The van der Waals surface area contributed by atoms with E-state index in [1.165, 1.54) is 29.3 Å². The normalized spacial score (nSPS) is 21.1. The zero-order valence-corrected chi connectivity index (χ0v) is 16.2. The lowest BCUT2D eigenvalue weighted by molar-refractivity contribution is -0.126. The van der Waals surface area contributed by atoms with Crippen LogP contribution < -0.4 is 5.32 Å². The fraction of sp³-hybridized carbons (Fsp3) is 0.632. The Morgan fingerprint density at radius 1 is 1.22 bits per heavy atom. The Hall–Kier alpha value is -1.51. The number of hydrogen-bond acceptors (Lipinski definition) is 4. The van der Waals surface area contributed by atoms with Crippen molar-refractivity contribution in [1.82, 2.24) is 9.62 Å². The van der Waals surface area contributed by atoms with E-state index in [9.17, 15) is 17.6 Å². The van der Waals surface area contributed by atoms with Crippen molar-refractivity contribution in [3.05, 3.63) is 30.1 Å². The molecule has 1 heterocycles. The summed E-state index contributed by atoms with van der Waals surface area (Å²) in [5.41, 5.74) is 0. The van der Waals surface area contributed by atoms with Gasteiger partial charge in [0.25, 0.3) is 0 Å². The number of rotatable bonds is 9. The summed E-state index contributed by atoms with van der Waals surface area (Å²) in [5, 5.41) is 2.89. The van der Waals surface area contributed by atoms with Crippen LogP contribution in [-0.4, -0.2) is 51.5 Å². The largest absolute Gasteiger partial charge is 0.381 e. The first-order chi connectivity index (χ1) is 13.0. The summed E-state index contributed by atoms with van der Waals surface area (Å²) in [4.78, 5) is 12.4. The fourth-order valence-corrected chi connectivity index (χ4v) is 4.72. The number of carbonyl (C=O) groups is 1. The maximum atomic E-state index is 13.1. The molecule has 0 radical (unpaired) electrons. The maximum Gasteiger partial charge on any atom is 0.243 e. The van der Waals surface area contributed by atoms with Gasteiger partial charge in [-0.05, 0) is 62.3 Å². The van der Waals surface area contributed by atoms with E-state index in [1.54, 1.807) is 0 Å². The Morgan fingerprint density at radius 2 is 1.96 bits per heavy atom. The number of piperidine rings is 1. The molecule has 150 valence electrons. The van der Waals surface area contributed by atoms with Gasteiger partial charge in [-0.3, -0.25) is 4.79 Å². The molecule has 1 N–H and O–H groups in total. The smallest absolute Gasteiger partial charge is 0.243 e. The predicted octanol–water partition coefficient (Wildman–Crippen LogP) is 2.16. The average molecular weight is 399 g/mol. The number of carbonyl (C=O) groups excluding carboxylic acids is 1. The van der Waals surface area contributed by atoms with E-state index in [0.717, 1.165) is 31.1 Å². The minimum Gasteiger partial charge on any atom is -0.381 e. The molecule has 1 aromatic carbocycles. The van der Waals surface area contributed by atoms with E-state index in [4.69, 9.17) is 4.74 Å². The number of nitrogens with zero attached hydrogens (tertiary/aromatic N) is 1. The summed E-state index contributed by atoms with van der Waals surface area (Å²) in [6.45, 7) is 2.51. The van der Waals surface area contributed by atoms with Gasteiger partial charge in [0.2, 0.25) is 15.9 Å². The van der Waals surface area contributed by atoms with Crippen molar-refractivity contribution in [3.8, 4) is 0 Å². The highest BCUT2D eigenvalue weighted by Crippen LogP contribution is 2.28. The number of sulfonamides is 1. The van der Waals surface area contributed by atoms with E-state index < -0.39 is 15.8 Å². The van der Waals surface area contributed by atoms with Crippen molar-refractivity contribution < 1.29 is 22.3 Å². The van der Waals surface area contributed by atoms with E-state index in [1.807, 2.05) is 0 Å². The first-order valence-electron chi connectivity index (χ1n) is 9.58. The molecule has 0 aromatic heterocycles. The highest BCUT2D eigenvalue weighted by Gasteiger charge is 2.33. The lowest BCUT2D eigenvalue weighted by atomic mass is 9.99. The minimum atomic E-state index is -3.71. The summed E-state index contributed by atoms with van der Waals surface area (Å²) >= 11 is 0. The molecule has 1 aliphatic carbocycles. The zero-order chi connectivity index (χ0) is 19.3. The lowest BCUT2D eigenvalue weighted by Crippen LogP contribution is -2.45. The molecule has 1 aliphatic heterocycles. The highest BCUT2D eigenvalue weighted by atomic mass is 32.2. The van der Waals surface area contributed by atoms with Crippen molar-refractivity contribution in [1.29, 1.82) is 0 Å². The van der Waals surface area contributed by atoms with Gasteiger partial charge in [0.15, 0.2) is 0 Å². The number of benzene rings is 1. The summed E-state index contributed by atoms with van der Waals surface area (Å²) in [7, 11) is -3.71. The molecule has 3 rings (SSSR count). The molecule has 0 bridgehead atoms. The molecule has 0 spiro atoms. The van der Waals surface area contributed by atoms with Gasteiger partial charge in [0, 0.05) is 32.8 Å². The molecule has 2 fully saturated rings. The standard InChI is InChI=1S/C19H27FN2O4S/c20-17-6-8-18(9-7-17)27(24,25)22-11-1-3-16(13-22)19(23)21-10-2-12-26-14-15-4-5-15/h6-9,15-16H,1-5,10-14H2,(H,21,23). The lowest BCUT2D eigenvalue weighted by Gasteiger charge is -2.31. The van der Waals surface area contributed by atoms with Crippen LogP contribution in [0.5, 0.6) is 0 Å². The zero-order valence-electron chi connectivity index (χ0n) is 15.4. The van der Waals surface area contributed by atoms with E-state index in [-0.39, 0.29) is 23.3 Å². The van der Waals surface area contributed by atoms with Crippen molar-refractivity contribution in [2.24, 2.45) is 11.8 Å². The van der Waals surface area contributed by atoms with Crippen LogP contribution in [0.4, 0.5) is 4.39 Å². The molecule has 1 atom stereocenters. The molecule has 8 heteroatoms. The molecule has 27 heavy (non-hydrogen) atoms. The Kier molecular flexibility index (Phi) is 6.83. The second-order valence-corrected chi connectivity index (χ2v) is 9.26. The maximum absolute atomic E-state index is 13.1. The predicted molar refractivity (Wildman–Crippen MR) is 99.1 cm³/mol. The molecule has 1 saturated carbocycles. The van der Waals surface area contributed by atoms with Crippen LogP contribution in [0.25, 0.3) is 0 Å². The topological polar surface area (TPSA) is 75.7 Å². The molecule has 2 aliphatic rings. The van der Waals surface area contributed by atoms with Gasteiger partial charge in [0.05, 0.1) is 10.8 Å². The number of nitrogens with one attached hydrogen (secondary N) is 1. The molecule has 1 aromatic rings. The average Bonchev–Trinajstić information content (AvgIpc) is 3.49. The van der Waals surface area contributed by atoms with Gasteiger partial charge >= 0.3 is 0 Å². The van der Waals surface area contributed by atoms with Crippen molar-refractivity contribution in [2.45, 2.75) is 37.0 Å². The van der Waals surface area contributed by atoms with Crippen LogP contribution in [0.15, 0.2) is 29.2 Å². The van der Waals surface area contributed by atoms with Gasteiger partial charge in [0.1, 0.15) is 5.82 Å². The molecule has 1 saturated heterocycles. The second-order valence-electron chi connectivity index (χ2n) is 7.32. The first-order valence-corrected chi connectivity index (χ1v) is 11.0. The van der Waals surface area contributed by atoms with Crippen molar-refractivity contribution >= 4 is 15.9 Å². The van der Waals surface area contributed by atoms with E-state index in [0.29, 0.717) is 32.5 Å². The molecular weight excluding hydrogens is 371 g/mol. The first kappa shape index (κ1) is 20.2. The third kappa shape index (κ3) is 5.73. The second kappa shape index (κ2) is 9.12. The quantitative estimate of drug-likeness (QED) is 0.647. The van der Waals surface area contributed by atoms with E-state index >= 15 is 0 Å². The van der Waals surface area contributed by atoms with E-state index in [2.05, 4.69) is 5.32 Å². The summed E-state index contributed by atoms with van der Waals surface area (Å²) in [6.07, 6.45) is 4.57.